The monoisotopic (exact) mass is 302 g/mol. The zero-order valence-corrected chi connectivity index (χ0v) is 11.8. The SMILES string of the molecule is Cc1noc(C)c1CNS(=O)(=O)c1cnc(Cl)nc1. The summed E-state index contributed by atoms with van der Waals surface area (Å²) in [4.78, 5) is 7.21. The van der Waals surface area contributed by atoms with Crippen LogP contribution in [-0.4, -0.2) is 23.5 Å². The van der Waals surface area contributed by atoms with Gasteiger partial charge in [-0.2, -0.15) is 0 Å². The van der Waals surface area contributed by atoms with E-state index in [0.717, 1.165) is 12.4 Å². The normalized spacial score (nSPS) is 11.7. The first-order valence-corrected chi connectivity index (χ1v) is 7.15. The number of halogens is 1. The Morgan fingerprint density at radius 1 is 1.32 bits per heavy atom. The van der Waals surface area contributed by atoms with Crippen LogP contribution in [0.2, 0.25) is 5.28 Å². The minimum Gasteiger partial charge on any atom is -0.361 e. The standard InChI is InChI=1S/C10H11ClN4O3S/c1-6-9(7(2)18-15-6)5-14-19(16,17)8-3-12-10(11)13-4-8/h3-4,14H,5H2,1-2H3. The molecule has 2 aromatic rings. The molecular formula is C10H11ClN4O3S. The van der Waals surface area contributed by atoms with Gasteiger partial charge in [-0.3, -0.25) is 0 Å². The minimum atomic E-state index is -3.69. The van der Waals surface area contributed by atoms with Crippen LogP contribution in [0.4, 0.5) is 0 Å². The van der Waals surface area contributed by atoms with Crippen molar-refractivity contribution >= 4 is 21.6 Å². The first kappa shape index (κ1) is 13.9. The van der Waals surface area contributed by atoms with Gasteiger partial charge in [-0.15, -0.1) is 0 Å². The molecule has 19 heavy (non-hydrogen) atoms. The van der Waals surface area contributed by atoms with E-state index in [4.69, 9.17) is 16.1 Å². The van der Waals surface area contributed by atoms with Crippen molar-refractivity contribution in [1.29, 1.82) is 0 Å². The molecule has 0 aromatic carbocycles. The number of sulfonamides is 1. The molecule has 1 N–H and O–H groups in total. The Balaban J connectivity index is 2.16. The van der Waals surface area contributed by atoms with E-state index in [1.54, 1.807) is 13.8 Å². The van der Waals surface area contributed by atoms with Crippen molar-refractivity contribution in [2.45, 2.75) is 25.3 Å². The third-order valence-corrected chi connectivity index (χ3v) is 4.08. The highest BCUT2D eigenvalue weighted by Crippen LogP contribution is 2.14. The summed E-state index contributed by atoms with van der Waals surface area (Å²) < 4.78 is 31.3. The van der Waals surface area contributed by atoms with Crippen molar-refractivity contribution in [3.05, 3.63) is 34.7 Å². The summed E-state index contributed by atoms with van der Waals surface area (Å²) >= 11 is 5.50. The van der Waals surface area contributed by atoms with Gasteiger partial charge < -0.3 is 4.52 Å². The van der Waals surface area contributed by atoms with E-state index in [1.165, 1.54) is 0 Å². The quantitative estimate of drug-likeness (QED) is 0.853. The topological polar surface area (TPSA) is 98.0 Å². The van der Waals surface area contributed by atoms with Crippen molar-refractivity contribution in [2.75, 3.05) is 0 Å². The molecule has 2 heterocycles. The molecule has 9 heteroatoms. The molecule has 7 nitrogen and oxygen atoms in total. The van der Waals surface area contributed by atoms with Crippen LogP contribution in [0.5, 0.6) is 0 Å². The summed E-state index contributed by atoms with van der Waals surface area (Å²) in [5.74, 6) is 0.576. The third-order valence-electron chi connectivity index (χ3n) is 2.53. The molecule has 0 saturated carbocycles. The average Bonchev–Trinajstić information content (AvgIpc) is 2.67. The van der Waals surface area contributed by atoms with Crippen molar-refractivity contribution in [2.24, 2.45) is 0 Å². The van der Waals surface area contributed by atoms with Crippen LogP contribution in [0.1, 0.15) is 17.0 Å². The lowest BCUT2D eigenvalue weighted by Gasteiger charge is -2.05. The van der Waals surface area contributed by atoms with Crippen LogP contribution in [0.3, 0.4) is 0 Å². The van der Waals surface area contributed by atoms with E-state index < -0.39 is 10.0 Å². The predicted molar refractivity (Wildman–Crippen MR) is 67.0 cm³/mol. The van der Waals surface area contributed by atoms with Crippen LogP contribution >= 0.6 is 11.6 Å². The number of aromatic nitrogens is 3. The molecule has 0 atom stereocenters. The van der Waals surface area contributed by atoms with Crippen LogP contribution in [0.15, 0.2) is 21.8 Å². The van der Waals surface area contributed by atoms with E-state index in [9.17, 15) is 8.42 Å². The first-order valence-electron chi connectivity index (χ1n) is 5.29. The Hall–Kier alpha value is -1.51. The fourth-order valence-corrected chi connectivity index (χ4v) is 2.43. The molecule has 0 amide bonds. The van der Waals surface area contributed by atoms with Crippen LogP contribution in [0, 0.1) is 13.8 Å². The van der Waals surface area contributed by atoms with Gasteiger partial charge in [0.2, 0.25) is 15.3 Å². The number of aryl methyl sites for hydroxylation is 2. The van der Waals surface area contributed by atoms with Crippen molar-refractivity contribution in [3.63, 3.8) is 0 Å². The molecule has 0 bridgehead atoms. The fourth-order valence-electron chi connectivity index (χ4n) is 1.44. The molecule has 2 aromatic heterocycles. The maximum absolute atomic E-state index is 12.0. The average molecular weight is 303 g/mol. The maximum Gasteiger partial charge on any atom is 0.243 e. The second kappa shape index (κ2) is 5.24. The van der Waals surface area contributed by atoms with Gasteiger partial charge in [0.25, 0.3) is 0 Å². The summed E-state index contributed by atoms with van der Waals surface area (Å²) in [6, 6.07) is 0. The van der Waals surface area contributed by atoms with Gasteiger partial charge in [-0.05, 0) is 25.4 Å². The van der Waals surface area contributed by atoms with Gasteiger partial charge in [0, 0.05) is 12.1 Å². The molecule has 2 rings (SSSR count). The van der Waals surface area contributed by atoms with Crippen LogP contribution < -0.4 is 4.72 Å². The summed E-state index contributed by atoms with van der Waals surface area (Å²) in [6.07, 6.45) is 2.29. The molecule has 0 aliphatic carbocycles. The Morgan fingerprint density at radius 2 is 1.95 bits per heavy atom. The second-order valence-electron chi connectivity index (χ2n) is 3.82. The molecule has 0 aliphatic heterocycles. The van der Waals surface area contributed by atoms with E-state index in [-0.39, 0.29) is 16.7 Å². The lowest BCUT2D eigenvalue weighted by Crippen LogP contribution is -2.24. The number of nitrogens with one attached hydrogen (secondary N) is 1. The highest BCUT2D eigenvalue weighted by atomic mass is 35.5. The summed E-state index contributed by atoms with van der Waals surface area (Å²) in [5, 5.41) is 3.74. The molecule has 0 fully saturated rings. The van der Waals surface area contributed by atoms with Crippen LogP contribution in [-0.2, 0) is 16.6 Å². The van der Waals surface area contributed by atoms with Crippen molar-refractivity contribution in [1.82, 2.24) is 19.8 Å². The largest absolute Gasteiger partial charge is 0.361 e. The van der Waals surface area contributed by atoms with Gasteiger partial charge in [0.1, 0.15) is 10.7 Å². The zero-order chi connectivity index (χ0) is 14.0. The highest BCUT2D eigenvalue weighted by molar-refractivity contribution is 7.89. The minimum absolute atomic E-state index is 0.00956. The fraction of sp³-hybridized carbons (Fsp3) is 0.300. The van der Waals surface area contributed by atoms with Gasteiger partial charge >= 0.3 is 0 Å². The van der Waals surface area contributed by atoms with Gasteiger partial charge in [0.05, 0.1) is 18.1 Å². The molecular weight excluding hydrogens is 292 g/mol. The summed E-state index contributed by atoms with van der Waals surface area (Å²) in [6.45, 7) is 3.55. The number of nitrogens with zero attached hydrogens (tertiary/aromatic N) is 3. The molecule has 0 saturated heterocycles. The van der Waals surface area contributed by atoms with E-state index in [1.807, 2.05) is 0 Å². The van der Waals surface area contributed by atoms with Gasteiger partial charge in [0.15, 0.2) is 0 Å². The van der Waals surface area contributed by atoms with Crippen molar-refractivity contribution < 1.29 is 12.9 Å². The number of hydrogen-bond donors (Lipinski definition) is 1. The molecule has 102 valence electrons. The Kier molecular flexibility index (Phi) is 3.83. The molecule has 0 spiro atoms. The molecule has 0 unspecified atom stereocenters. The smallest absolute Gasteiger partial charge is 0.243 e. The van der Waals surface area contributed by atoms with E-state index in [0.29, 0.717) is 17.0 Å². The highest BCUT2D eigenvalue weighted by Gasteiger charge is 2.17. The second-order valence-corrected chi connectivity index (χ2v) is 5.92. The van der Waals surface area contributed by atoms with Gasteiger partial charge in [-0.1, -0.05) is 5.16 Å². The van der Waals surface area contributed by atoms with Gasteiger partial charge in [-0.25, -0.2) is 23.1 Å². The Labute approximate surface area is 115 Å². The van der Waals surface area contributed by atoms with E-state index in [2.05, 4.69) is 19.8 Å². The molecule has 0 radical (unpaired) electrons. The summed E-state index contributed by atoms with van der Waals surface area (Å²) in [5.41, 5.74) is 1.35. The lowest BCUT2D eigenvalue weighted by atomic mass is 10.2. The number of hydrogen-bond acceptors (Lipinski definition) is 6. The lowest BCUT2D eigenvalue weighted by molar-refractivity contribution is 0.392. The van der Waals surface area contributed by atoms with E-state index >= 15 is 0 Å². The Bertz CT molecular complexity index is 662. The maximum atomic E-state index is 12.0. The zero-order valence-electron chi connectivity index (χ0n) is 10.2. The Morgan fingerprint density at radius 3 is 2.47 bits per heavy atom. The third kappa shape index (κ3) is 3.09. The predicted octanol–water partition coefficient (Wildman–Crippen LogP) is 1.21. The molecule has 0 aliphatic rings. The number of rotatable bonds is 4. The summed E-state index contributed by atoms with van der Waals surface area (Å²) in [7, 11) is -3.69. The first-order chi connectivity index (χ1) is 8.90. The van der Waals surface area contributed by atoms with Crippen molar-refractivity contribution in [3.8, 4) is 0 Å². The van der Waals surface area contributed by atoms with Crippen LogP contribution in [0.25, 0.3) is 0 Å².